The molecule has 0 aromatic heterocycles. The third-order valence-electron chi connectivity index (χ3n) is 2.95. The van der Waals surface area contributed by atoms with Crippen LogP contribution in [0.15, 0.2) is 30.3 Å². The van der Waals surface area contributed by atoms with Crippen molar-refractivity contribution < 1.29 is 13.9 Å². The molecule has 0 aliphatic heterocycles. The third-order valence-corrected chi connectivity index (χ3v) is 2.95. The number of hydrogen-bond acceptors (Lipinski definition) is 4. The number of rotatable bonds is 4. The lowest BCUT2D eigenvalue weighted by Gasteiger charge is -2.14. The zero-order valence-electron chi connectivity index (χ0n) is 11.7. The van der Waals surface area contributed by atoms with Crippen LogP contribution in [0.4, 0.5) is 21.5 Å². The Balaban J connectivity index is 2.40. The summed E-state index contributed by atoms with van der Waals surface area (Å²) in [5.74, 6) is 0.710. The molecule has 2 aromatic carbocycles. The topological polar surface area (TPSA) is 56.5 Å². The van der Waals surface area contributed by atoms with Crippen molar-refractivity contribution >= 4 is 17.1 Å². The van der Waals surface area contributed by atoms with Crippen LogP contribution in [0.1, 0.15) is 5.56 Å². The van der Waals surface area contributed by atoms with Crippen molar-refractivity contribution in [3.8, 4) is 11.5 Å². The second kappa shape index (κ2) is 5.69. The summed E-state index contributed by atoms with van der Waals surface area (Å²) in [6, 6.07) is 8.14. The van der Waals surface area contributed by atoms with Gasteiger partial charge in [0.2, 0.25) is 0 Å². The van der Waals surface area contributed by atoms with Crippen molar-refractivity contribution in [3.63, 3.8) is 0 Å². The minimum atomic E-state index is -0.343. The van der Waals surface area contributed by atoms with Gasteiger partial charge in [-0.3, -0.25) is 0 Å². The number of nitrogen functional groups attached to an aromatic ring is 1. The molecular weight excluding hydrogens is 259 g/mol. The van der Waals surface area contributed by atoms with Gasteiger partial charge in [0, 0.05) is 12.1 Å². The first-order valence-electron chi connectivity index (χ1n) is 6.10. The van der Waals surface area contributed by atoms with Crippen LogP contribution in [0.2, 0.25) is 0 Å². The predicted molar refractivity (Wildman–Crippen MR) is 78.4 cm³/mol. The van der Waals surface area contributed by atoms with E-state index in [2.05, 4.69) is 5.32 Å². The second-order valence-corrected chi connectivity index (χ2v) is 4.40. The Morgan fingerprint density at radius 3 is 2.30 bits per heavy atom. The summed E-state index contributed by atoms with van der Waals surface area (Å²) in [6.45, 7) is 1.89. The first kappa shape index (κ1) is 14.0. The molecule has 0 spiro atoms. The zero-order valence-corrected chi connectivity index (χ0v) is 11.7. The molecule has 5 heteroatoms. The van der Waals surface area contributed by atoms with E-state index in [4.69, 9.17) is 15.2 Å². The Hall–Kier alpha value is -2.43. The molecule has 0 saturated heterocycles. The third kappa shape index (κ3) is 2.77. The monoisotopic (exact) mass is 276 g/mol. The van der Waals surface area contributed by atoms with Gasteiger partial charge in [0.15, 0.2) is 11.5 Å². The molecule has 0 heterocycles. The van der Waals surface area contributed by atoms with Crippen LogP contribution in [0.5, 0.6) is 11.5 Å². The van der Waals surface area contributed by atoms with Gasteiger partial charge in [-0.05, 0) is 24.6 Å². The minimum absolute atomic E-state index is 0.343. The highest BCUT2D eigenvalue weighted by atomic mass is 19.1. The number of anilines is 3. The fourth-order valence-electron chi connectivity index (χ4n) is 1.88. The van der Waals surface area contributed by atoms with Crippen LogP contribution in [-0.4, -0.2) is 14.2 Å². The van der Waals surface area contributed by atoms with E-state index in [-0.39, 0.29) is 5.82 Å². The summed E-state index contributed by atoms with van der Waals surface area (Å²) in [4.78, 5) is 0. The molecule has 0 amide bonds. The van der Waals surface area contributed by atoms with Crippen molar-refractivity contribution in [1.29, 1.82) is 0 Å². The molecule has 2 rings (SSSR count). The highest BCUT2D eigenvalue weighted by molar-refractivity contribution is 5.77. The van der Waals surface area contributed by atoms with E-state index in [1.54, 1.807) is 24.3 Å². The molecule has 0 atom stereocenters. The van der Waals surface area contributed by atoms with Crippen LogP contribution in [0, 0.1) is 12.7 Å². The Kier molecular flexibility index (Phi) is 3.98. The van der Waals surface area contributed by atoms with Gasteiger partial charge in [-0.15, -0.1) is 0 Å². The molecule has 0 saturated carbocycles. The van der Waals surface area contributed by atoms with Crippen molar-refractivity contribution in [2.75, 3.05) is 25.3 Å². The van der Waals surface area contributed by atoms with E-state index >= 15 is 0 Å². The van der Waals surface area contributed by atoms with Gasteiger partial charge in [-0.2, -0.15) is 0 Å². The molecule has 4 nitrogen and oxygen atoms in total. The molecule has 2 aromatic rings. The molecular formula is C15H17FN2O2. The van der Waals surface area contributed by atoms with Gasteiger partial charge >= 0.3 is 0 Å². The average Bonchev–Trinajstić information content (AvgIpc) is 2.44. The summed E-state index contributed by atoms with van der Waals surface area (Å²) >= 11 is 0. The first-order chi connectivity index (χ1) is 9.55. The summed E-state index contributed by atoms with van der Waals surface area (Å²) < 4.78 is 24.1. The van der Waals surface area contributed by atoms with E-state index in [1.165, 1.54) is 20.3 Å². The van der Waals surface area contributed by atoms with Gasteiger partial charge in [-0.1, -0.05) is 6.07 Å². The van der Waals surface area contributed by atoms with E-state index in [0.29, 0.717) is 28.6 Å². The number of aryl methyl sites for hydroxylation is 1. The quantitative estimate of drug-likeness (QED) is 0.839. The van der Waals surface area contributed by atoms with Crippen LogP contribution >= 0.6 is 0 Å². The number of benzene rings is 2. The van der Waals surface area contributed by atoms with Crippen LogP contribution in [0.3, 0.4) is 0 Å². The first-order valence-corrected chi connectivity index (χ1v) is 6.10. The van der Waals surface area contributed by atoms with Crippen LogP contribution < -0.4 is 20.5 Å². The van der Waals surface area contributed by atoms with E-state index in [9.17, 15) is 4.39 Å². The maximum atomic E-state index is 13.8. The van der Waals surface area contributed by atoms with Crippen molar-refractivity contribution in [2.45, 2.75) is 6.92 Å². The minimum Gasteiger partial charge on any atom is -0.493 e. The predicted octanol–water partition coefficient (Wildman–Crippen LogP) is 3.48. The highest BCUT2D eigenvalue weighted by Gasteiger charge is 2.11. The molecule has 3 N–H and O–H groups in total. The van der Waals surface area contributed by atoms with Gasteiger partial charge in [-0.25, -0.2) is 4.39 Å². The maximum absolute atomic E-state index is 13.8. The smallest absolute Gasteiger partial charge is 0.162 e. The van der Waals surface area contributed by atoms with Crippen LogP contribution in [0.25, 0.3) is 0 Å². The van der Waals surface area contributed by atoms with E-state index in [0.717, 1.165) is 5.56 Å². The summed E-state index contributed by atoms with van der Waals surface area (Å²) in [7, 11) is 3.07. The normalized spacial score (nSPS) is 10.2. The lowest BCUT2D eigenvalue weighted by molar-refractivity contribution is 0.355. The molecule has 0 unspecified atom stereocenters. The number of halogens is 1. The average molecular weight is 276 g/mol. The molecule has 20 heavy (non-hydrogen) atoms. The molecule has 0 aliphatic carbocycles. The highest BCUT2D eigenvalue weighted by Crippen LogP contribution is 2.36. The Morgan fingerprint density at radius 1 is 1.00 bits per heavy atom. The summed E-state index contributed by atoms with van der Waals surface area (Å²) in [5.41, 5.74) is 8.26. The van der Waals surface area contributed by atoms with Crippen molar-refractivity contribution in [1.82, 2.24) is 0 Å². The SMILES string of the molecule is COc1cc(N)c(Nc2cc(C)ccc2F)cc1OC. The molecule has 0 aliphatic rings. The molecule has 106 valence electrons. The number of nitrogens with one attached hydrogen (secondary N) is 1. The largest absolute Gasteiger partial charge is 0.493 e. The number of nitrogens with two attached hydrogens (primary N) is 1. The second-order valence-electron chi connectivity index (χ2n) is 4.40. The van der Waals surface area contributed by atoms with Crippen molar-refractivity contribution in [3.05, 3.63) is 41.7 Å². The zero-order chi connectivity index (χ0) is 14.7. The molecule has 0 bridgehead atoms. The fraction of sp³-hybridized carbons (Fsp3) is 0.200. The van der Waals surface area contributed by atoms with Gasteiger partial charge in [0.25, 0.3) is 0 Å². The molecule has 0 radical (unpaired) electrons. The Morgan fingerprint density at radius 2 is 1.65 bits per heavy atom. The number of ether oxygens (including phenoxy) is 2. The standard InChI is InChI=1S/C15H17FN2O2/c1-9-4-5-10(16)12(6-9)18-13-8-15(20-3)14(19-2)7-11(13)17/h4-8,18H,17H2,1-3H3. The van der Waals surface area contributed by atoms with Crippen molar-refractivity contribution in [2.24, 2.45) is 0 Å². The summed E-state index contributed by atoms with van der Waals surface area (Å²) in [5, 5.41) is 2.97. The maximum Gasteiger partial charge on any atom is 0.162 e. The van der Waals surface area contributed by atoms with Gasteiger partial charge in [0.1, 0.15) is 5.82 Å². The number of hydrogen-bond donors (Lipinski definition) is 2. The molecule has 0 fully saturated rings. The Labute approximate surface area is 117 Å². The number of methoxy groups -OCH3 is 2. The lowest BCUT2D eigenvalue weighted by Crippen LogP contribution is -2.01. The Bertz CT molecular complexity index is 630. The van der Waals surface area contributed by atoms with E-state index < -0.39 is 0 Å². The lowest BCUT2D eigenvalue weighted by atomic mass is 10.2. The van der Waals surface area contributed by atoms with E-state index in [1.807, 2.05) is 6.92 Å². The van der Waals surface area contributed by atoms with Crippen LogP contribution in [-0.2, 0) is 0 Å². The van der Waals surface area contributed by atoms with Gasteiger partial charge < -0.3 is 20.5 Å². The van der Waals surface area contributed by atoms with Gasteiger partial charge in [0.05, 0.1) is 31.3 Å². The summed E-state index contributed by atoms with van der Waals surface area (Å²) in [6.07, 6.45) is 0. The fourth-order valence-corrected chi connectivity index (χ4v) is 1.88.